The molecular formula is C16H23N3Pt. The molecule has 1 aromatic heterocycles. The summed E-state index contributed by atoms with van der Waals surface area (Å²) in [6.45, 7) is 0. The Balaban J connectivity index is 0.000000178. The van der Waals surface area contributed by atoms with Gasteiger partial charge < -0.3 is 5.73 Å². The monoisotopic (exact) mass is 452 g/mol. The van der Waals surface area contributed by atoms with Gasteiger partial charge in [-0.1, -0.05) is 19.3 Å². The zero-order chi connectivity index (χ0) is 14.4. The minimum absolute atomic E-state index is 0.536. The van der Waals surface area contributed by atoms with Crippen molar-refractivity contribution in [3.05, 3.63) is 46.5 Å². The Kier molecular flexibility index (Phi) is 6.00. The summed E-state index contributed by atoms with van der Waals surface area (Å²) in [5.74, 6) is 0. The summed E-state index contributed by atoms with van der Waals surface area (Å²) >= 11 is 2.31. The maximum absolute atomic E-state index is 5.63. The van der Waals surface area contributed by atoms with Crippen molar-refractivity contribution in [3.63, 3.8) is 0 Å². The molecule has 1 saturated carbocycles. The first-order valence-electron chi connectivity index (χ1n) is 7.19. The number of aromatic nitrogens is 2. The fourth-order valence-electron chi connectivity index (χ4n) is 2.36. The van der Waals surface area contributed by atoms with E-state index >= 15 is 0 Å². The molecule has 0 aliphatic heterocycles. The molecule has 1 heterocycles. The maximum atomic E-state index is 5.63. The van der Waals surface area contributed by atoms with Crippen molar-refractivity contribution < 1.29 is 19.4 Å². The van der Waals surface area contributed by atoms with Gasteiger partial charge in [0.1, 0.15) is 0 Å². The molecule has 0 amide bonds. The molecule has 4 heteroatoms. The van der Waals surface area contributed by atoms with Crippen molar-refractivity contribution >= 4 is 0 Å². The van der Waals surface area contributed by atoms with Crippen LogP contribution in [0, 0.1) is 3.80 Å². The van der Waals surface area contributed by atoms with E-state index in [1.165, 1.54) is 41.6 Å². The summed E-state index contributed by atoms with van der Waals surface area (Å²) < 4.78 is 5.45. The summed E-state index contributed by atoms with van der Waals surface area (Å²) in [6.07, 6.45) is 10.8. The third-order valence-electron chi connectivity index (χ3n) is 3.58. The van der Waals surface area contributed by atoms with Gasteiger partial charge in [-0.05, 0) is 12.8 Å². The molecule has 0 unspecified atom stereocenters. The molecule has 1 aromatic carbocycles. The Morgan fingerprint density at radius 3 is 2.15 bits per heavy atom. The Bertz CT molecular complexity index is 565. The molecule has 0 atom stereocenters. The fraction of sp³-hybridized carbons (Fsp3) is 0.438. The average molecular weight is 452 g/mol. The Morgan fingerprint density at radius 1 is 1.05 bits per heavy atom. The molecule has 20 heavy (non-hydrogen) atoms. The van der Waals surface area contributed by atoms with Crippen LogP contribution in [-0.4, -0.2) is 15.2 Å². The number of hydrogen-bond donors (Lipinski definition) is 1. The molecule has 1 aliphatic rings. The zero-order valence-electron chi connectivity index (χ0n) is 11.9. The van der Waals surface area contributed by atoms with E-state index in [9.17, 15) is 0 Å². The van der Waals surface area contributed by atoms with Crippen LogP contribution in [0.3, 0.4) is 0 Å². The topological polar surface area (TPSA) is 35.9 Å². The van der Waals surface area contributed by atoms with Crippen LogP contribution in [0.25, 0.3) is 5.69 Å². The first-order chi connectivity index (χ1) is 9.68. The second-order valence-electron chi connectivity index (χ2n) is 5.25. The second-order valence-corrected chi connectivity index (χ2v) is 6.27. The summed E-state index contributed by atoms with van der Waals surface area (Å²) in [4.78, 5) is 0. The van der Waals surface area contributed by atoms with E-state index in [2.05, 4.69) is 53.0 Å². The molecule has 3 nitrogen and oxygen atoms in total. The molecule has 1 fully saturated rings. The quantitative estimate of drug-likeness (QED) is 0.709. The summed E-state index contributed by atoms with van der Waals surface area (Å²) in [5, 5.41) is 0. The molecule has 112 valence electrons. The number of benzene rings is 1. The Hall–Kier alpha value is -0.922. The van der Waals surface area contributed by atoms with Crippen LogP contribution in [0.2, 0.25) is 0 Å². The SMILES string of the molecule is Cn1ccn(-c2ccccc2)[c]1=[Pt].NC1CCCCC1. The van der Waals surface area contributed by atoms with Crippen LogP contribution in [0.15, 0.2) is 42.7 Å². The van der Waals surface area contributed by atoms with Gasteiger partial charge >= 0.3 is 87.8 Å². The smallest absolute Gasteiger partial charge is 0.00388 e. The van der Waals surface area contributed by atoms with Gasteiger partial charge in [-0.15, -0.1) is 0 Å². The van der Waals surface area contributed by atoms with Crippen molar-refractivity contribution in [3.8, 4) is 5.69 Å². The van der Waals surface area contributed by atoms with E-state index in [-0.39, 0.29) is 0 Å². The molecule has 0 spiro atoms. The van der Waals surface area contributed by atoms with Crippen molar-refractivity contribution in [2.75, 3.05) is 0 Å². The van der Waals surface area contributed by atoms with E-state index in [0.29, 0.717) is 6.04 Å². The van der Waals surface area contributed by atoms with Gasteiger partial charge in [0.05, 0.1) is 0 Å². The molecule has 2 aromatic rings. The van der Waals surface area contributed by atoms with Gasteiger partial charge in [-0.25, -0.2) is 0 Å². The largest absolute Gasteiger partial charge is 0.328 e. The van der Waals surface area contributed by atoms with Gasteiger partial charge in [-0.2, -0.15) is 0 Å². The van der Waals surface area contributed by atoms with Crippen LogP contribution in [0.4, 0.5) is 0 Å². The van der Waals surface area contributed by atoms with Gasteiger partial charge in [0.2, 0.25) is 0 Å². The number of nitrogens with two attached hydrogens (primary N) is 1. The molecule has 0 radical (unpaired) electrons. The van der Waals surface area contributed by atoms with E-state index in [0.717, 1.165) is 0 Å². The third kappa shape index (κ3) is 4.29. The van der Waals surface area contributed by atoms with E-state index in [1.807, 2.05) is 25.2 Å². The van der Waals surface area contributed by atoms with Gasteiger partial charge in [0.25, 0.3) is 0 Å². The summed E-state index contributed by atoms with van der Waals surface area (Å²) in [5.41, 5.74) is 6.84. The van der Waals surface area contributed by atoms with Crippen molar-refractivity contribution in [2.45, 2.75) is 38.1 Å². The molecule has 2 N–H and O–H groups in total. The van der Waals surface area contributed by atoms with Gasteiger partial charge in [0, 0.05) is 6.04 Å². The van der Waals surface area contributed by atoms with Crippen molar-refractivity contribution in [1.82, 2.24) is 9.13 Å². The molecular weight excluding hydrogens is 429 g/mol. The van der Waals surface area contributed by atoms with Crippen LogP contribution < -0.4 is 5.73 Å². The number of hydrogen-bond acceptors (Lipinski definition) is 1. The van der Waals surface area contributed by atoms with Crippen molar-refractivity contribution in [1.29, 1.82) is 0 Å². The van der Waals surface area contributed by atoms with Crippen LogP contribution in [0.5, 0.6) is 0 Å². The predicted octanol–water partition coefficient (Wildman–Crippen LogP) is 3.17. The number of aryl methyl sites for hydroxylation is 1. The number of nitrogens with zero attached hydrogens (tertiary/aromatic N) is 2. The molecule has 0 saturated heterocycles. The molecule has 1 aliphatic carbocycles. The van der Waals surface area contributed by atoms with Crippen LogP contribution in [0.1, 0.15) is 32.1 Å². The average Bonchev–Trinajstić information content (AvgIpc) is 2.81. The van der Waals surface area contributed by atoms with Gasteiger partial charge in [-0.3, -0.25) is 0 Å². The normalized spacial score (nSPS) is 15.6. The zero-order valence-corrected chi connectivity index (χ0v) is 14.2. The summed E-state index contributed by atoms with van der Waals surface area (Å²) in [7, 11) is 2.04. The molecule has 3 rings (SSSR count). The third-order valence-corrected chi connectivity index (χ3v) is 4.93. The maximum Gasteiger partial charge on any atom is 0.00388 e. The first kappa shape index (κ1) is 15.5. The Morgan fingerprint density at radius 2 is 1.70 bits per heavy atom. The van der Waals surface area contributed by atoms with E-state index in [4.69, 9.17) is 5.73 Å². The predicted molar refractivity (Wildman–Crippen MR) is 79.0 cm³/mol. The van der Waals surface area contributed by atoms with Gasteiger partial charge in [0.15, 0.2) is 0 Å². The van der Waals surface area contributed by atoms with Crippen molar-refractivity contribution in [2.24, 2.45) is 12.8 Å². The standard InChI is InChI=1S/C10H10N2.C6H13N.Pt/c1-11-7-8-12(9-11)10-5-3-2-4-6-10;7-6-4-2-1-3-5-6;/h2-8H,1H3;6H,1-5,7H2;. The minimum atomic E-state index is 0.536. The molecule has 0 bridgehead atoms. The van der Waals surface area contributed by atoms with E-state index < -0.39 is 0 Å². The van der Waals surface area contributed by atoms with Crippen LogP contribution >= 0.6 is 0 Å². The fourth-order valence-corrected chi connectivity index (χ4v) is 2.99. The second kappa shape index (κ2) is 7.75. The summed E-state index contributed by atoms with van der Waals surface area (Å²) in [6, 6.07) is 10.9. The number of imidazole rings is 1. The first-order valence-corrected chi connectivity index (χ1v) is 8.32. The minimum Gasteiger partial charge on any atom is -0.328 e. The van der Waals surface area contributed by atoms with Crippen LogP contribution in [-0.2, 0) is 26.4 Å². The Labute approximate surface area is 131 Å². The number of para-hydroxylation sites is 1. The van der Waals surface area contributed by atoms with E-state index in [1.54, 1.807) is 0 Å². The number of rotatable bonds is 1.